The molecule has 2 aromatic carbocycles. The highest BCUT2D eigenvalue weighted by Crippen LogP contribution is 2.41. The second-order valence-electron chi connectivity index (χ2n) is 4.42. The molecule has 1 amide bonds. The van der Waals surface area contributed by atoms with Gasteiger partial charge in [-0.05, 0) is 30.3 Å². The van der Waals surface area contributed by atoms with Crippen molar-refractivity contribution in [3.63, 3.8) is 0 Å². The number of anilines is 1. The number of methoxy groups -OCH3 is 2. The van der Waals surface area contributed by atoms with Crippen LogP contribution in [0.15, 0.2) is 36.4 Å². The molecule has 0 aliphatic rings. The number of rotatable bonds is 6. The van der Waals surface area contributed by atoms with E-state index in [2.05, 4.69) is 5.32 Å². The molecule has 0 bridgehead atoms. The summed E-state index contributed by atoms with van der Waals surface area (Å²) in [6.45, 7) is 0. The molecule has 2 aromatic rings. The van der Waals surface area contributed by atoms with Crippen LogP contribution in [0.4, 0.5) is 5.69 Å². The molecule has 0 aliphatic carbocycles. The Balaban J connectivity index is 2.26. The Hall–Kier alpha value is -2.11. The zero-order valence-corrected chi connectivity index (χ0v) is 14.1. The number of alkyl halides is 1. The lowest BCUT2D eigenvalue weighted by atomic mass is 10.2. The van der Waals surface area contributed by atoms with Crippen LogP contribution in [0.1, 0.15) is 0 Å². The number of halogens is 2. The minimum Gasteiger partial charge on any atom is -0.493 e. The fourth-order valence-electron chi connectivity index (χ4n) is 1.91. The molecule has 0 heterocycles. The van der Waals surface area contributed by atoms with Gasteiger partial charge in [-0.15, -0.1) is 11.6 Å². The molecule has 7 heteroatoms. The van der Waals surface area contributed by atoms with E-state index in [1.54, 1.807) is 43.5 Å². The first-order valence-corrected chi connectivity index (χ1v) is 7.54. The number of carbonyl (C=O) groups excluding carboxylic acids is 1. The lowest BCUT2D eigenvalue weighted by molar-refractivity contribution is -0.113. The van der Waals surface area contributed by atoms with Crippen molar-refractivity contribution in [3.8, 4) is 23.0 Å². The van der Waals surface area contributed by atoms with Crippen LogP contribution in [-0.2, 0) is 4.79 Å². The third kappa shape index (κ3) is 4.21. The van der Waals surface area contributed by atoms with Gasteiger partial charge < -0.3 is 19.5 Å². The van der Waals surface area contributed by atoms with Crippen molar-refractivity contribution < 1.29 is 19.0 Å². The Kier molecular flexibility index (Phi) is 5.96. The average Bonchev–Trinajstić information content (AvgIpc) is 2.56. The van der Waals surface area contributed by atoms with Crippen molar-refractivity contribution in [3.05, 3.63) is 41.4 Å². The van der Waals surface area contributed by atoms with Gasteiger partial charge in [-0.2, -0.15) is 0 Å². The zero-order chi connectivity index (χ0) is 16.8. The van der Waals surface area contributed by atoms with Crippen LogP contribution in [0.5, 0.6) is 23.0 Å². The Morgan fingerprint density at radius 2 is 1.83 bits per heavy atom. The maximum Gasteiger partial charge on any atom is 0.239 e. The molecule has 0 spiro atoms. The van der Waals surface area contributed by atoms with Gasteiger partial charge in [-0.25, -0.2) is 0 Å². The fraction of sp³-hybridized carbons (Fsp3) is 0.188. The maximum absolute atomic E-state index is 11.3. The first-order valence-electron chi connectivity index (χ1n) is 6.63. The van der Waals surface area contributed by atoms with Gasteiger partial charge in [-0.3, -0.25) is 4.79 Å². The first kappa shape index (κ1) is 17.2. The van der Waals surface area contributed by atoms with Gasteiger partial charge in [-0.1, -0.05) is 17.7 Å². The van der Waals surface area contributed by atoms with Crippen LogP contribution in [0.3, 0.4) is 0 Å². The summed E-state index contributed by atoms with van der Waals surface area (Å²) in [4.78, 5) is 11.3. The summed E-state index contributed by atoms with van der Waals surface area (Å²) in [5.74, 6) is 1.45. The number of nitrogens with one attached hydrogen (secondary N) is 1. The topological polar surface area (TPSA) is 56.8 Å². The molecule has 0 atom stereocenters. The van der Waals surface area contributed by atoms with Crippen LogP contribution in [0, 0.1) is 0 Å². The standard InChI is InChI=1S/C16H15Cl2NO4/c1-21-13-4-3-5-14(16(13)22-2)23-12-7-6-10(8-11(12)18)19-15(20)9-17/h3-8H,9H2,1-2H3,(H,19,20). The highest BCUT2D eigenvalue weighted by Gasteiger charge is 2.13. The number of ether oxygens (including phenoxy) is 3. The lowest BCUT2D eigenvalue weighted by Gasteiger charge is -2.14. The molecular formula is C16H15Cl2NO4. The molecule has 5 nitrogen and oxygen atoms in total. The van der Waals surface area contributed by atoms with Gasteiger partial charge in [0.1, 0.15) is 11.6 Å². The Labute approximate surface area is 144 Å². The zero-order valence-electron chi connectivity index (χ0n) is 12.6. The van der Waals surface area contributed by atoms with Crippen molar-refractivity contribution in [2.45, 2.75) is 0 Å². The van der Waals surface area contributed by atoms with E-state index < -0.39 is 0 Å². The first-order chi connectivity index (χ1) is 11.1. The van der Waals surface area contributed by atoms with Crippen LogP contribution in [0.2, 0.25) is 5.02 Å². The Bertz CT molecular complexity index is 706. The number of carbonyl (C=O) groups is 1. The minimum absolute atomic E-state index is 0.128. The van der Waals surface area contributed by atoms with Crippen molar-refractivity contribution in [2.24, 2.45) is 0 Å². The molecule has 0 aliphatic heterocycles. The average molecular weight is 356 g/mol. The fourth-order valence-corrected chi connectivity index (χ4v) is 2.20. The molecule has 2 rings (SSSR count). The summed E-state index contributed by atoms with van der Waals surface area (Å²) in [5, 5.41) is 2.94. The lowest BCUT2D eigenvalue weighted by Crippen LogP contribution is -2.12. The predicted octanol–water partition coefficient (Wildman–Crippen LogP) is 4.33. The molecule has 0 radical (unpaired) electrons. The quantitative estimate of drug-likeness (QED) is 0.783. The van der Waals surface area contributed by atoms with Crippen LogP contribution >= 0.6 is 23.2 Å². The molecule has 0 aromatic heterocycles. The second-order valence-corrected chi connectivity index (χ2v) is 5.10. The predicted molar refractivity (Wildman–Crippen MR) is 90.4 cm³/mol. The highest BCUT2D eigenvalue weighted by molar-refractivity contribution is 6.32. The van der Waals surface area contributed by atoms with E-state index >= 15 is 0 Å². The summed E-state index contributed by atoms with van der Waals surface area (Å²) < 4.78 is 16.3. The van der Waals surface area contributed by atoms with Crippen molar-refractivity contribution >= 4 is 34.8 Å². The van der Waals surface area contributed by atoms with Crippen LogP contribution < -0.4 is 19.5 Å². The number of hydrogen-bond donors (Lipinski definition) is 1. The van der Waals surface area contributed by atoms with E-state index in [9.17, 15) is 4.79 Å². The normalized spacial score (nSPS) is 10.1. The summed E-state index contributed by atoms with van der Waals surface area (Å²) in [5.41, 5.74) is 0.533. The van der Waals surface area contributed by atoms with Gasteiger partial charge >= 0.3 is 0 Å². The van der Waals surface area contributed by atoms with Gasteiger partial charge in [0.05, 0.1) is 19.2 Å². The third-order valence-corrected chi connectivity index (χ3v) is 3.46. The van der Waals surface area contributed by atoms with E-state index in [0.717, 1.165) is 0 Å². The van der Waals surface area contributed by atoms with Gasteiger partial charge in [0, 0.05) is 5.69 Å². The van der Waals surface area contributed by atoms with Gasteiger partial charge in [0.15, 0.2) is 11.5 Å². The SMILES string of the molecule is COc1cccc(Oc2ccc(NC(=O)CCl)cc2Cl)c1OC. The highest BCUT2D eigenvalue weighted by atomic mass is 35.5. The van der Waals surface area contributed by atoms with Crippen molar-refractivity contribution in [2.75, 3.05) is 25.4 Å². The van der Waals surface area contributed by atoms with Crippen LogP contribution in [-0.4, -0.2) is 26.0 Å². The van der Waals surface area contributed by atoms with E-state index in [0.29, 0.717) is 33.7 Å². The third-order valence-electron chi connectivity index (χ3n) is 2.92. The molecule has 23 heavy (non-hydrogen) atoms. The summed E-state index contributed by atoms with van der Waals surface area (Å²) >= 11 is 11.6. The number of amides is 1. The van der Waals surface area contributed by atoms with E-state index in [4.69, 9.17) is 37.4 Å². The summed E-state index contributed by atoms with van der Waals surface area (Å²) in [6, 6.07) is 10.2. The molecule has 0 saturated carbocycles. The molecular weight excluding hydrogens is 341 g/mol. The maximum atomic E-state index is 11.3. The molecule has 0 unspecified atom stereocenters. The number of benzene rings is 2. The molecule has 122 valence electrons. The summed E-state index contributed by atoms with van der Waals surface area (Å²) in [7, 11) is 3.07. The van der Waals surface area contributed by atoms with Gasteiger partial charge in [0.25, 0.3) is 0 Å². The van der Waals surface area contributed by atoms with Crippen LogP contribution in [0.25, 0.3) is 0 Å². The van der Waals surface area contributed by atoms with E-state index in [-0.39, 0.29) is 11.8 Å². The monoisotopic (exact) mass is 355 g/mol. The van der Waals surface area contributed by atoms with E-state index in [1.165, 1.54) is 7.11 Å². The number of para-hydroxylation sites is 1. The second kappa shape index (κ2) is 7.94. The largest absolute Gasteiger partial charge is 0.493 e. The smallest absolute Gasteiger partial charge is 0.239 e. The minimum atomic E-state index is -0.314. The Morgan fingerprint density at radius 3 is 2.43 bits per heavy atom. The molecule has 0 fully saturated rings. The van der Waals surface area contributed by atoms with Crippen molar-refractivity contribution in [1.82, 2.24) is 0 Å². The number of hydrogen-bond acceptors (Lipinski definition) is 4. The van der Waals surface area contributed by atoms with Crippen molar-refractivity contribution in [1.29, 1.82) is 0 Å². The Morgan fingerprint density at radius 1 is 1.09 bits per heavy atom. The molecule has 0 saturated heterocycles. The molecule has 1 N–H and O–H groups in total. The van der Waals surface area contributed by atoms with E-state index in [1.807, 2.05) is 0 Å². The van der Waals surface area contributed by atoms with Gasteiger partial charge in [0.2, 0.25) is 11.7 Å². The summed E-state index contributed by atoms with van der Waals surface area (Å²) in [6.07, 6.45) is 0.